The average Bonchev–Trinajstić information content (AvgIpc) is 2.42. The van der Waals surface area contributed by atoms with E-state index in [1.54, 1.807) is 12.4 Å². The van der Waals surface area contributed by atoms with Gasteiger partial charge >= 0.3 is 0 Å². The topological polar surface area (TPSA) is 22.1 Å². The highest BCUT2D eigenvalue weighted by Gasteiger charge is 1.94. The van der Waals surface area contributed by atoms with Crippen molar-refractivity contribution in [3.63, 3.8) is 0 Å². The highest BCUT2D eigenvalue weighted by Crippen LogP contribution is 2.11. The molecular formula is C16H27NO. The lowest BCUT2D eigenvalue weighted by molar-refractivity contribution is 0.303. The molecular weight excluding hydrogens is 222 g/mol. The third kappa shape index (κ3) is 8.10. The van der Waals surface area contributed by atoms with Crippen molar-refractivity contribution in [2.45, 2.75) is 64.7 Å². The van der Waals surface area contributed by atoms with Gasteiger partial charge in [-0.05, 0) is 18.6 Å². The van der Waals surface area contributed by atoms with E-state index in [1.807, 2.05) is 12.1 Å². The first-order chi connectivity index (χ1) is 8.93. The first kappa shape index (κ1) is 15.0. The van der Waals surface area contributed by atoms with Crippen LogP contribution in [0.2, 0.25) is 0 Å². The molecule has 0 fully saturated rings. The van der Waals surface area contributed by atoms with E-state index >= 15 is 0 Å². The summed E-state index contributed by atoms with van der Waals surface area (Å²) in [6.07, 6.45) is 15.7. The summed E-state index contributed by atoms with van der Waals surface area (Å²) in [5.41, 5.74) is 0. The van der Waals surface area contributed by atoms with Gasteiger partial charge in [-0.3, -0.25) is 4.98 Å². The minimum absolute atomic E-state index is 0.821. The molecule has 2 nitrogen and oxygen atoms in total. The van der Waals surface area contributed by atoms with Gasteiger partial charge in [-0.2, -0.15) is 0 Å². The summed E-state index contributed by atoms with van der Waals surface area (Å²) >= 11 is 0. The van der Waals surface area contributed by atoms with Crippen LogP contribution >= 0.6 is 0 Å². The molecule has 1 aromatic rings. The molecule has 1 rings (SSSR count). The van der Waals surface area contributed by atoms with E-state index in [-0.39, 0.29) is 0 Å². The van der Waals surface area contributed by atoms with Crippen molar-refractivity contribution in [3.8, 4) is 5.75 Å². The van der Waals surface area contributed by atoms with Crippen LogP contribution in [0.25, 0.3) is 0 Å². The van der Waals surface area contributed by atoms with Crippen LogP contribution in [0.15, 0.2) is 24.5 Å². The van der Waals surface area contributed by atoms with Crippen LogP contribution in [0.1, 0.15) is 64.7 Å². The number of rotatable bonds is 11. The van der Waals surface area contributed by atoms with Gasteiger partial charge < -0.3 is 4.74 Å². The van der Waals surface area contributed by atoms with Crippen LogP contribution in [0.4, 0.5) is 0 Å². The minimum atomic E-state index is 0.821. The highest BCUT2D eigenvalue weighted by atomic mass is 16.5. The van der Waals surface area contributed by atoms with Crippen LogP contribution in [0.3, 0.4) is 0 Å². The van der Waals surface area contributed by atoms with Crippen LogP contribution in [-0.2, 0) is 0 Å². The Balaban J connectivity index is 1.82. The molecule has 0 amide bonds. The van der Waals surface area contributed by atoms with E-state index < -0.39 is 0 Å². The Hall–Kier alpha value is -1.05. The largest absolute Gasteiger partial charge is 0.492 e. The quantitative estimate of drug-likeness (QED) is 0.515. The number of unbranched alkanes of at least 4 members (excludes halogenated alkanes) is 8. The number of hydrogen-bond donors (Lipinski definition) is 0. The zero-order valence-corrected chi connectivity index (χ0v) is 11.7. The van der Waals surface area contributed by atoms with E-state index in [1.165, 1.54) is 51.4 Å². The maximum atomic E-state index is 5.60. The number of nitrogens with zero attached hydrogens (tertiary/aromatic N) is 1. The second-order valence-electron chi connectivity index (χ2n) is 4.87. The lowest BCUT2D eigenvalue weighted by Crippen LogP contribution is -1.97. The predicted octanol–water partition coefficient (Wildman–Crippen LogP) is 4.99. The van der Waals surface area contributed by atoms with Gasteiger partial charge in [0.25, 0.3) is 0 Å². The van der Waals surface area contributed by atoms with Crippen molar-refractivity contribution >= 4 is 0 Å². The molecule has 0 unspecified atom stereocenters. The van der Waals surface area contributed by atoms with Crippen molar-refractivity contribution < 1.29 is 4.74 Å². The predicted molar refractivity (Wildman–Crippen MR) is 77.0 cm³/mol. The van der Waals surface area contributed by atoms with E-state index in [4.69, 9.17) is 4.74 Å². The second kappa shape index (κ2) is 11.1. The van der Waals surface area contributed by atoms with Gasteiger partial charge in [-0.15, -0.1) is 0 Å². The number of hydrogen-bond acceptors (Lipinski definition) is 2. The summed E-state index contributed by atoms with van der Waals surface area (Å²) in [6, 6.07) is 3.87. The van der Waals surface area contributed by atoms with Crippen molar-refractivity contribution in [2.75, 3.05) is 6.61 Å². The zero-order valence-electron chi connectivity index (χ0n) is 11.7. The molecule has 0 aromatic carbocycles. The van der Waals surface area contributed by atoms with Gasteiger partial charge in [-0.1, -0.05) is 58.3 Å². The van der Waals surface area contributed by atoms with Gasteiger partial charge in [0.2, 0.25) is 0 Å². The van der Waals surface area contributed by atoms with Crippen molar-refractivity contribution in [1.29, 1.82) is 0 Å². The monoisotopic (exact) mass is 249 g/mol. The van der Waals surface area contributed by atoms with E-state index in [9.17, 15) is 0 Å². The van der Waals surface area contributed by atoms with Gasteiger partial charge in [0.15, 0.2) is 0 Å². The summed E-state index contributed by atoms with van der Waals surface area (Å²) in [4.78, 5) is 4.02. The van der Waals surface area contributed by atoms with Crippen LogP contribution in [0.5, 0.6) is 5.75 Å². The molecule has 1 heterocycles. The molecule has 0 bridgehead atoms. The molecule has 0 aliphatic rings. The van der Waals surface area contributed by atoms with Gasteiger partial charge in [-0.25, -0.2) is 0 Å². The smallest absolute Gasteiger partial charge is 0.137 e. The Morgan fingerprint density at radius 1 is 0.944 bits per heavy atom. The number of ether oxygens (including phenoxy) is 1. The number of pyridine rings is 1. The van der Waals surface area contributed by atoms with E-state index in [2.05, 4.69) is 11.9 Å². The summed E-state index contributed by atoms with van der Waals surface area (Å²) in [7, 11) is 0. The molecule has 0 aliphatic carbocycles. The molecule has 0 radical (unpaired) electrons. The SMILES string of the molecule is CCCCCCCCCCCOc1cccnc1. The number of aromatic nitrogens is 1. The fraction of sp³-hybridized carbons (Fsp3) is 0.688. The molecule has 0 atom stereocenters. The van der Waals surface area contributed by atoms with E-state index in [0.717, 1.165) is 18.8 Å². The van der Waals surface area contributed by atoms with Gasteiger partial charge in [0.1, 0.15) is 5.75 Å². The van der Waals surface area contributed by atoms with E-state index in [0.29, 0.717) is 0 Å². The summed E-state index contributed by atoms with van der Waals surface area (Å²) in [6.45, 7) is 3.09. The fourth-order valence-electron chi connectivity index (χ4n) is 2.04. The normalized spacial score (nSPS) is 10.5. The maximum Gasteiger partial charge on any atom is 0.137 e. The highest BCUT2D eigenvalue weighted by molar-refractivity contribution is 5.15. The van der Waals surface area contributed by atoms with Crippen LogP contribution in [0, 0.1) is 0 Å². The Bertz CT molecular complexity index is 274. The molecule has 1 aromatic heterocycles. The molecule has 0 N–H and O–H groups in total. The molecule has 2 heteroatoms. The summed E-state index contributed by atoms with van der Waals surface area (Å²) in [5, 5.41) is 0. The Labute approximate surface area is 112 Å². The van der Waals surface area contributed by atoms with Gasteiger partial charge in [0.05, 0.1) is 12.8 Å². The molecule has 0 saturated heterocycles. The minimum Gasteiger partial charge on any atom is -0.492 e. The summed E-state index contributed by atoms with van der Waals surface area (Å²) in [5.74, 6) is 0.886. The molecule has 0 saturated carbocycles. The maximum absolute atomic E-state index is 5.60. The summed E-state index contributed by atoms with van der Waals surface area (Å²) < 4.78 is 5.60. The van der Waals surface area contributed by atoms with Crippen molar-refractivity contribution in [3.05, 3.63) is 24.5 Å². The standard InChI is InChI=1S/C16H27NO/c1-2-3-4-5-6-7-8-9-10-14-18-16-12-11-13-17-15-16/h11-13,15H,2-10,14H2,1H3. The Morgan fingerprint density at radius 2 is 1.61 bits per heavy atom. The first-order valence-corrected chi connectivity index (χ1v) is 7.46. The second-order valence-corrected chi connectivity index (χ2v) is 4.87. The van der Waals surface area contributed by atoms with Crippen molar-refractivity contribution in [2.24, 2.45) is 0 Å². The zero-order chi connectivity index (χ0) is 12.9. The molecule has 102 valence electrons. The van der Waals surface area contributed by atoms with Crippen LogP contribution < -0.4 is 4.74 Å². The lowest BCUT2D eigenvalue weighted by atomic mass is 10.1. The molecule has 18 heavy (non-hydrogen) atoms. The first-order valence-electron chi connectivity index (χ1n) is 7.46. The average molecular weight is 249 g/mol. The lowest BCUT2D eigenvalue weighted by Gasteiger charge is -2.05. The third-order valence-electron chi connectivity index (χ3n) is 3.15. The Morgan fingerprint density at radius 3 is 2.22 bits per heavy atom. The third-order valence-corrected chi connectivity index (χ3v) is 3.15. The molecule has 0 spiro atoms. The van der Waals surface area contributed by atoms with Crippen molar-refractivity contribution in [1.82, 2.24) is 4.98 Å². The van der Waals surface area contributed by atoms with Gasteiger partial charge in [0, 0.05) is 6.20 Å². The fourth-order valence-corrected chi connectivity index (χ4v) is 2.04. The Kier molecular flexibility index (Phi) is 9.23. The van der Waals surface area contributed by atoms with Crippen LogP contribution in [-0.4, -0.2) is 11.6 Å². The molecule has 0 aliphatic heterocycles.